The first-order chi connectivity index (χ1) is 13.4. The minimum atomic E-state index is -0.0256. The first-order valence-electron chi connectivity index (χ1n) is 10.1. The molecule has 4 rings (SSSR count). The predicted octanol–water partition coefficient (Wildman–Crippen LogP) is 3.44. The van der Waals surface area contributed by atoms with Gasteiger partial charge in [-0.25, -0.2) is 0 Å². The van der Waals surface area contributed by atoms with E-state index in [1.165, 1.54) is 12.8 Å². The lowest BCUT2D eigenvalue weighted by Gasteiger charge is -2.24. The second kappa shape index (κ2) is 7.48. The molecule has 2 aromatic rings. The summed E-state index contributed by atoms with van der Waals surface area (Å²) in [6, 6.07) is 11.8. The van der Waals surface area contributed by atoms with E-state index in [9.17, 15) is 4.79 Å². The van der Waals surface area contributed by atoms with Crippen molar-refractivity contribution in [3.05, 3.63) is 63.6 Å². The van der Waals surface area contributed by atoms with Crippen molar-refractivity contribution in [2.75, 3.05) is 20.7 Å². The zero-order chi connectivity index (χ0) is 19.7. The molecular weight excluding hydrogens is 348 g/mol. The quantitative estimate of drug-likeness (QED) is 0.725. The topological polar surface area (TPSA) is 34.5 Å². The molecule has 2 fully saturated rings. The van der Waals surface area contributed by atoms with Crippen molar-refractivity contribution in [2.24, 2.45) is 5.92 Å². The molecule has 1 aromatic carbocycles. The van der Waals surface area contributed by atoms with Crippen LogP contribution in [0.2, 0.25) is 0 Å². The highest BCUT2D eigenvalue weighted by atomic mass is 16.5. The zero-order valence-electron chi connectivity index (χ0n) is 17.0. The number of ether oxygens (including phenoxy) is 1. The van der Waals surface area contributed by atoms with Gasteiger partial charge in [0.05, 0.1) is 12.1 Å². The van der Waals surface area contributed by atoms with E-state index in [0.29, 0.717) is 24.8 Å². The molecule has 0 bridgehead atoms. The molecule has 28 heavy (non-hydrogen) atoms. The summed E-state index contributed by atoms with van der Waals surface area (Å²) in [6.45, 7) is 3.15. The van der Waals surface area contributed by atoms with Gasteiger partial charge in [0.15, 0.2) is 0 Å². The minimum absolute atomic E-state index is 0.0256. The van der Waals surface area contributed by atoms with Gasteiger partial charge in [0.25, 0.3) is 5.56 Å². The Hall–Kier alpha value is -2.51. The maximum Gasteiger partial charge on any atom is 0.254 e. The highest BCUT2D eigenvalue weighted by Gasteiger charge is 2.45. The summed E-state index contributed by atoms with van der Waals surface area (Å²) in [7, 11) is 4.17. The van der Waals surface area contributed by atoms with Gasteiger partial charge in [0.2, 0.25) is 0 Å². The summed E-state index contributed by atoms with van der Waals surface area (Å²) in [4.78, 5) is 14.9. The Bertz CT molecular complexity index is 968. The van der Waals surface area contributed by atoms with Crippen LogP contribution in [-0.2, 0) is 6.54 Å². The van der Waals surface area contributed by atoms with E-state index in [4.69, 9.17) is 4.74 Å². The highest BCUT2D eigenvalue weighted by Crippen LogP contribution is 2.40. The number of benzene rings is 1. The van der Waals surface area contributed by atoms with Crippen LogP contribution in [0.4, 0.5) is 0 Å². The second-order valence-corrected chi connectivity index (χ2v) is 8.40. The van der Waals surface area contributed by atoms with Crippen LogP contribution in [-0.4, -0.2) is 35.7 Å². The summed E-state index contributed by atoms with van der Waals surface area (Å²) in [5.74, 6) is 7.78. The molecule has 1 aromatic heterocycles. The van der Waals surface area contributed by atoms with E-state index in [2.05, 4.69) is 43.0 Å². The molecule has 0 spiro atoms. The van der Waals surface area contributed by atoms with Crippen molar-refractivity contribution in [1.29, 1.82) is 0 Å². The number of hydrogen-bond acceptors (Lipinski definition) is 3. The number of aryl methyl sites for hydroxylation is 1. The normalized spacial score (nSPS) is 17.1. The van der Waals surface area contributed by atoms with E-state index >= 15 is 0 Å². The molecular formula is C24H28N2O2. The maximum atomic E-state index is 12.6. The average molecular weight is 377 g/mol. The Labute approximate surface area is 167 Å². The summed E-state index contributed by atoms with van der Waals surface area (Å²) < 4.78 is 7.75. The largest absolute Gasteiger partial charge is 0.491 e. The van der Waals surface area contributed by atoms with Gasteiger partial charge in [-0.3, -0.25) is 4.79 Å². The number of pyridine rings is 1. The van der Waals surface area contributed by atoms with Gasteiger partial charge in [0, 0.05) is 23.2 Å². The van der Waals surface area contributed by atoms with Crippen LogP contribution in [0.15, 0.2) is 41.2 Å². The lowest BCUT2D eigenvalue weighted by atomic mass is 10.1. The Balaban J connectivity index is 1.43. The molecule has 0 unspecified atom stereocenters. The average Bonchev–Trinajstić information content (AvgIpc) is 3.57. The van der Waals surface area contributed by atoms with Gasteiger partial charge in [-0.1, -0.05) is 24.0 Å². The monoisotopic (exact) mass is 376 g/mol. The van der Waals surface area contributed by atoms with Crippen molar-refractivity contribution in [1.82, 2.24) is 9.47 Å². The van der Waals surface area contributed by atoms with E-state index in [1.807, 2.05) is 25.1 Å². The fourth-order valence-corrected chi connectivity index (χ4v) is 3.36. The molecule has 0 radical (unpaired) electrons. The molecule has 0 saturated heterocycles. The van der Waals surface area contributed by atoms with Gasteiger partial charge in [-0.05, 0) is 70.5 Å². The van der Waals surface area contributed by atoms with Crippen LogP contribution < -0.4 is 10.3 Å². The third kappa shape index (κ3) is 4.31. The fraction of sp³-hybridized carbons (Fsp3) is 0.458. The van der Waals surface area contributed by atoms with Crippen molar-refractivity contribution in [2.45, 2.75) is 44.7 Å². The molecule has 4 nitrogen and oxygen atoms in total. The second-order valence-electron chi connectivity index (χ2n) is 8.40. The third-order valence-corrected chi connectivity index (χ3v) is 5.88. The van der Waals surface area contributed by atoms with Crippen molar-refractivity contribution in [3.63, 3.8) is 0 Å². The molecule has 2 aliphatic rings. The lowest BCUT2D eigenvalue weighted by Crippen LogP contribution is -2.36. The molecule has 0 aliphatic heterocycles. The Kier molecular flexibility index (Phi) is 5.03. The summed E-state index contributed by atoms with van der Waals surface area (Å²) in [6.07, 6.45) is 4.78. The van der Waals surface area contributed by atoms with Gasteiger partial charge in [-0.2, -0.15) is 0 Å². The molecule has 1 heterocycles. The first kappa shape index (κ1) is 18.8. The van der Waals surface area contributed by atoms with Gasteiger partial charge >= 0.3 is 0 Å². The number of hydrogen-bond donors (Lipinski definition) is 0. The number of nitrogens with zero attached hydrogens (tertiary/aromatic N) is 2. The van der Waals surface area contributed by atoms with E-state index in [1.54, 1.807) is 10.6 Å². The smallest absolute Gasteiger partial charge is 0.254 e. The first-order valence-corrected chi connectivity index (χ1v) is 10.1. The molecule has 146 valence electrons. The predicted molar refractivity (Wildman–Crippen MR) is 112 cm³/mol. The van der Waals surface area contributed by atoms with Crippen LogP contribution in [0.3, 0.4) is 0 Å². The van der Waals surface area contributed by atoms with Crippen LogP contribution in [0.5, 0.6) is 5.75 Å². The highest BCUT2D eigenvalue weighted by molar-refractivity contribution is 5.37. The molecule has 2 saturated carbocycles. The molecule has 0 amide bonds. The number of likely N-dealkylation sites (N-methyl/N-ethyl adjacent to an activating group) is 1. The Morgan fingerprint density at radius 2 is 1.89 bits per heavy atom. The summed E-state index contributed by atoms with van der Waals surface area (Å²) in [5, 5.41) is 0. The number of rotatable bonds is 6. The van der Waals surface area contributed by atoms with Crippen LogP contribution in [0.1, 0.15) is 42.5 Å². The number of aromatic nitrogens is 1. The third-order valence-electron chi connectivity index (χ3n) is 5.88. The molecule has 0 N–H and O–H groups in total. The van der Waals surface area contributed by atoms with E-state index in [-0.39, 0.29) is 11.1 Å². The Morgan fingerprint density at radius 3 is 2.46 bits per heavy atom. The zero-order valence-corrected chi connectivity index (χ0v) is 17.0. The van der Waals surface area contributed by atoms with Gasteiger partial charge in [0.1, 0.15) is 12.4 Å². The summed E-state index contributed by atoms with van der Waals surface area (Å²) in [5.41, 5.74) is 3.17. The van der Waals surface area contributed by atoms with Crippen LogP contribution in [0.25, 0.3) is 0 Å². The van der Waals surface area contributed by atoms with Gasteiger partial charge < -0.3 is 14.2 Å². The SMILES string of the molecule is Cc1cc(OCC2(N(C)C)CC2)cc(=O)n1Cc1ccc(C#CC2CC2)cc1. The van der Waals surface area contributed by atoms with Crippen molar-refractivity contribution in [3.8, 4) is 17.6 Å². The van der Waals surface area contributed by atoms with E-state index in [0.717, 1.165) is 29.7 Å². The van der Waals surface area contributed by atoms with Crippen LogP contribution in [0, 0.1) is 24.7 Å². The summed E-state index contributed by atoms with van der Waals surface area (Å²) >= 11 is 0. The molecule has 2 aliphatic carbocycles. The van der Waals surface area contributed by atoms with Crippen molar-refractivity contribution < 1.29 is 4.74 Å². The molecule has 4 heteroatoms. The maximum absolute atomic E-state index is 12.6. The standard InChI is InChI=1S/C24H28N2O2/c1-18-14-22(28-17-24(12-13-24)25(2)3)15-23(27)26(18)16-21-10-8-20(9-11-21)7-6-19-4-5-19/h8-11,14-15,19H,4-5,12-13,16-17H2,1-3H3. The Morgan fingerprint density at radius 1 is 1.18 bits per heavy atom. The van der Waals surface area contributed by atoms with Gasteiger partial charge in [-0.15, -0.1) is 0 Å². The minimum Gasteiger partial charge on any atom is -0.491 e. The molecule has 0 atom stereocenters. The van der Waals surface area contributed by atoms with Crippen molar-refractivity contribution >= 4 is 0 Å². The fourth-order valence-electron chi connectivity index (χ4n) is 3.36. The van der Waals surface area contributed by atoms with E-state index < -0.39 is 0 Å². The van der Waals surface area contributed by atoms with Crippen LogP contribution >= 0.6 is 0 Å². The lowest BCUT2D eigenvalue weighted by molar-refractivity contribution is 0.167.